The predicted molar refractivity (Wildman–Crippen MR) is 69.2 cm³/mol. The van der Waals surface area contributed by atoms with Gasteiger partial charge >= 0.3 is 0 Å². The molecule has 19 heavy (non-hydrogen) atoms. The van der Waals surface area contributed by atoms with E-state index in [1.807, 2.05) is 6.07 Å². The number of aromatic nitrogens is 2. The molecule has 0 spiro atoms. The van der Waals surface area contributed by atoms with Crippen LogP contribution in [0.4, 0.5) is 4.39 Å². The van der Waals surface area contributed by atoms with E-state index in [0.717, 1.165) is 11.3 Å². The molecule has 2 rings (SSSR count). The first-order valence-electron chi connectivity index (χ1n) is 5.96. The van der Waals surface area contributed by atoms with Gasteiger partial charge in [-0.05, 0) is 31.0 Å². The average Bonchev–Trinajstić information content (AvgIpc) is 2.39. The summed E-state index contributed by atoms with van der Waals surface area (Å²) in [4.78, 5) is 19.7. The summed E-state index contributed by atoms with van der Waals surface area (Å²) in [5.74, 6) is -0.544. The summed E-state index contributed by atoms with van der Waals surface area (Å²) in [5, 5.41) is 2.72. The minimum absolute atomic E-state index is 0.270. The van der Waals surface area contributed by atoms with Gasteiger partial charge in [0, 0.05) is 12.7 Å². The Morgan fingerprint density at radius 2 is 2.16 bits per heavy atom. The second-order valence-electron chi connectivity index (χ2n) is 4.18. The Kier molecular flexibility index (Phi) is 4.18. The fraction of sp³-hybridized carbons (Fsp3) is 0.214. The van der Waals surface area contributed by atoms with Gasteiger partial charge in [0.15, 0.2) is 0 Å². The molecule has 1 N–H and O–H groups in total. The van der Waals surface area contributed by atoms with Crippen LogP contribution in [-0.2, 0) is 6.42 Å². The van der Waals surface area contributed by atoms with Crippen molar-refractivity contribution < 1.29 is 9.18 Å². The molecule has 0 fully saturated rings. The number of benzene rings is 1. The van der Waals surface area contributed by atoms with E-state index in [1.54, 1.807) is 19.2 Å². The molecule has 0 bridgehead atoms. The summed E-state index contributed by atoms with van der Waals surface area (Å²) in [6, 6.07) is 6.32. The van der Waals surface area contributed by atoms with E-state index in [9.17, 15) is 9.18 Å². The SMILES string of the molecule is Cc1cnc(C(=O)NCCc2cccc(F)c2)cn1. The van der Waals surface area contributed by atoms with Gasteiger partial charge in [-0.3, -0.25) is 9.78 Å². The standard InChI is InChI=1S/C14H14FN3O/c1-10-8-18-13(9-17-10)14(19)16-6-5-11-3-2-4-12(15)7-11/h2-4,7-9H,5-6H2,1H3,(H,16,19). The molecule has 0 saturated carbocycles. The van der Waals surface area contributed by atoms with Gasteiger partial charge in [-0.1, -0.05) is 12.1 Å². The van der Waals surface area contributed by atoms with Crippen LogP contribution in [0, 0.1) is 12.7 Å². The molecule has 5 heteroatoms. The Morgan fingerprint density at radius 3 is 2.84 bits per heavy atom. The van der Waals surface area contributed by atoms with Gasteiger partial charge in [-0.15, -0.1) is 0 Å². The normalized spacial score (nSPS) is 10.2. The van der Waals surface area contributed by atoms with Gasteiger partial charge in [-0.25, -0.2) is 9.37 Å². The number of hydrogen-bond donors (Lipinski definition) is 1. The molecule has 0 saturated heterocycles. The molecule has 1 aromatic heterocycles. The molecule has 1 amide bonds. The minimum Gasteiger partial charge on any atom is -0.350 e. The largest absolute Gasteiger partial charge is 0.350 e. The van der Waals surface area contributed by atoms with E-state index in [2.05, 4.69) is 15.3 Å². The van der Waals surface area contributed by atoms with Crippen LogP contribution in [0.2, 0.25) is 0 Å². The lowest BCUT2D eigenvalue weighted by Gasteiger charge is -2.05. The zero-order valence-corrected chi connectivity index (χ0v) is 10.6. The molecule has 1 aromatic carbocycles. The molecule has 0 aliphatic rings. The Labute approximate surface area is 110 Å². The highest BCUT2D eigenvalue weighted by Crippen LogP contribution is 2.03. The molecule has 98 valence electrons. The van der Waals surface area contributed by atoms with E-state index >= 15 is 0 Å². The topological polar surface area (TPSA) is 54.9 Å². The second kappa shape index (κ2) is 6.04. The Hall–Kier alpha value is -2.30. The Morgan fingerprint density at radius 1 is 1.32 bits per heavy atom. The summed E-state index contributed by atoms with van der Waals surface area (Å²) < 4.78 is 13.0. The highest BCUT2D eigenvalue weighted by molar-refractivity contribution is 5.91. The van der Waals surface area contributed by atoms with Gasteiger partial charge in [0.2, 0.25) is 0 Å². The van der Waals surface area contributed by atoms with E-state index in [4.69, 9.17) is 0 Å². The first-order chi connectivity index (χ1) is 9.15. The summed E-state index contributed by atoms with van der Waals surface area (Å²) in [6.07, 6.45) is 3.55. The first kappa shape index (κ1) is 13.1. The summed E-state index contributed by atoms with van der Waals surface area (Å²) in [7, 11) is 0. The first-order valence-corrected chi connectivity index (χ1v) is 5.96. The van der Waals surface area contributed by atoms with Gasteiger partial charge in [0.1, 0.15) is 11.5 Å². The zero-order chi connectivity index (χ0) is 13.7. The molecule has 0 aliphatic carbocycles. The molecule has 2 aromatic rings. The van der Waals surface area contributed by atoms with Crippen LogP contribution in [0.25, 0.3) is 0 Å². The van der Waals surface area contributed by atoms with Crippen molar-refractivity contribution in [1.29, 1.82) is 0 Å². The van der Waals surface area contributed by atoms with Crippen molar-refractivity contribution in [2.75, 3.05) is 6.54 Å². The fourth-order valence-corrected chi connectivity index (χ4v) is 1.61. The molecule has 4 nitrogen and oxygen atoms in total. The third-order valence-electron chi connectivity index (χ3n) is 2.60. The summed E-state index contributed by atoms with van der Waals surface area (Å²) in [5.41, 5.74) is 1.89. The van der Waals surface area contributed by atoms with Crippen LogP contribution in [0.3, 0.4) is 0 Å². The maximum atomic E-state index is 13.0. The van der Waals surface area contributed by atoms with E-state index in [-0.39, 0.29) is 17.4 Å². The van der Waals surface area contributed by atoms with Crippen molar-refractivity contribution in [1.82, 2.24) is 15.3 Å². The fourth-order valence-electron chi connectivity index (χ4n) is 1.61. The van der Waals surface area contributed by atoms with Crippen LogP contribution >= 0.6 is 0 Å². The molecule has 0 aliphatic heterocycles. The number of carbonyl (C=O) groups excluding carboxylic acids is 1. The second-order valence-corrected chi connectivity index (χ2v) is 4.18. The number of hydrogen-bond acceptors (Lipinski definition) is 3. The van der Waals surface area contributed by atoms with Crippen molar-refractivity contribution in [3.05, 3.63) is 59.4 Å². The number of rotatable bonds is 4. The van der Waals surface area contributed by atoms with E-state index < -0.39 is 0 Å². The van der Waals surface area contributed by atoms with E-state index in [1.165, 1.54) is 18.3 Å². The van der Waals surface area contributed by atoms with Crippen LogP contribution in [0.15, 0.2) is 36.7 Å². The van der Waals surface area contributed by atoms with Crippen LogP contribution in [-0.4, -0.2) is 22.4 Å². The number of carbonyl (C=O) groups is 1. The van der Waals surface area contributed by atoms with Gasteiger partial charge in [0.25, 0.3) is 5.91 Å². The molecule has 0 unspecified atom stereocenters. The van der Waals surface area contributed by atoms with Crippen LogP contribution in [0.5, 0.6) is 0 Å². The Bertz CT molecular complexity index is 569. The summed E-state index contributed by atoms with van der Waals surface area (Å²) >= 11 is 0. The van der Waals surface area contributed by atoms with Crippen LogP contribution < -0.4 is 5.32 Å². The smallest absolute Gasteiger partial charge is 0.271 e. The Balaban J connectivity index is 1.86. The quantitative estimate of drug-likeness (QED) is 0.912. The molecule has 1 heterocycles. The third-order valence-corrected chi connectivity index (χ3v) is 2.60. The average molecular weight is 259 g/mol. The molecular weight excluding hydrogens is 245 g/mol. The number of aryl methyl sites for hydroxylation is 1. The lowest BCUT2D eigenvalue weighted by Crippen LogP contribution is -2.26. The van der Waals surface area contributed by atoms with Crippen molar-refractivity contribution >= 4 is 5.91 Å². The molecule has 0 atom stereocenters. The number of amides is 1. The van der Waals surface area contributed by atoms with E-state index in [0.29, 0.717) is 13.0 Å². The van der Waals surface area contributed by atoms with Gasteiger partial charge in [-0.2, -0.15) is 0 Å². The maximum Gasteiger partial charge on any atom is 0.271 e. The minimum atomic E-state index is -0.274. The highest BCUT2D eigenvalue weighted by atomic mass is 19.1. The van der Waals surface area contributed by atoms with Crippen molar-refractivity contribution in [2.45, 2.75) is 13.3 Å². The number of nitrogens with zero attached hydrogens (tertiary/aromatic N) is 2. The number of nitrogens with one attached hydrogen (secondary N) is 1. The van der Waals surface area contributed by atoms with Crippen molar-refractivity contribution in [2.24, 2.45) is 0 Å². The van der Waals surface area contributed by atoms with Crippen molar-refractivity contribution in [3.63, 3.8) is 0 Å². The van der Waals surface area contributed by atoms with Gasteiger partial charge < -0.3 is 5.32 Å². The lowest BCUT2D eigenvalue weighted by molar-refractivity contribution is 0.0948. The van der Waals surface area contributed by atoms with Crippen LogP contribution in [0.1, 0.15) is 21.7 Å². The maximum absolute atomic E-state index is 13.0. The molecular formula is C14H14FN3O. The summed E-state index contributed by atoms with van der Waals surface area (Å²) in [6.45, 7) is 2.23. The number of halogens is 1. The predicted octanol–water partition coefficient (Wildman–Crippen LogP) is 1.90. The lowest BCUT2D eigenvalue weighted by atomic mass is 10.1. The highest BCUT2D eigenvalue weighted by Gasteiger charge is 2.06. The van der Waals surface area contributed by atoms with Gasteiger partial charge in [0.05, 0.1) is 11.9 Å². The molecule has 0 radical (unpaired) electrons. The van der Waals surface area contributed by atoms with Crippen molar-refractivity contribution in [3.8, 4) is 0 Å². The zero-order valence-electron chi connectivity index (χ0n) is 10.6. The third kappa shape index (κ3) is 3.84. The monoisotopic (exact) mass is 259 g/mol.